The number of carbonyl (C=O) groups is 2. The molecule has 0 aromatic carbocycles. The molecular formula is C26H70ClFN4O3. The second-order valence-electron chi connectivity index (χ2n) is 4.72. The maximum Gasteiger partial charge on any atom is 0.218 e. The Morgan fingerprint density at radius 2 is 1.09 bits per heavy atom. The van der Waals surface area contributed by atoms with E-state index in [4.69, 9.17) is 6.11 Å². The van der Waals surface area contributed by atoms with Gasteiger partial charge >= 0.3 is 0 Å². The molecule has 1 amide bonds. The largest absolute Gasteiger partial charge is 0.381 e. The third-order valence-electron chi connectivity index (χ3n) is 2.52. The van der Waals surface area contributed by atoms with Crippen LogP contribution in [0.5, 0.6) is 0 Å². The highest BCUT2D eigenvalue weighted by molar-refractivity contribution is 6.62. The number of rotatable bonds is 3. The molecule has 0 aromatic heterocycles. The summed E-state index contributed by atoms with van der Waals surface area (Å²) in [5.74, 6) is 0.00463. The lowest BCUT2D eigenvalue weighted by atomic mass is 10.4. The van der Waals surface area contributed by atoms with Gasteiger partial charge in [0.05, 0.1) is 8.52 Å². The maximum atomic E-state index is 9.96. The second-order valence-corrected chi connectivity index (χ2v) is 5.25. The number of amides is 1. The molecule has 1 aliphatic rings. The van der Waals surface area contributed by atoms with E-state index < -0.39 is 7.15 Å². The van der Waals surface area contributed by atoms with E-state index in [2.05, 4.69) is 53.6 Å². The minimum absolute atomic E-state index is 0. The minimum atomic E-state index is -1.00. The summed E-state index contributed by atoms with van der Waals surface area (Å²) in [6.07, 6.45) is 2.56. The van der Waals surface area contributed by atoms with Gasteiger partial charge in [-0.2, -0.15) is 0 Å². The van der Waals surface area contributed by atoms with Crippen LogP contribution in [-0.4, -0.2) is 84.2 Å². The van der Waals surface area contributed by atoms with Crippen LogP contribution in [0.1, 0.15) is 97.8 Å². The lowest BCUT2D eigenvalue weighted by Gasteiger charge is -2.13. The van der Waals surface area contributed by atoms with Crippen LogP contribution in [0.25, 0.3) is 0 Å². The van der Waals surface area contributed by atoms with Gasteiger partial charge in [0.15, 0.2) is 0 Å². The van der Waals surface area contributed by atoms with Crippen molar-refractivity contribution in [2.45, 2.75) is 96.4 Å². The summed E-state index contributed by atoms with van der Waals surface area (Å²) in [7, 11) is 5.85. The van der Waals surface area contributed by atoms with Gasteiger partial charge in [0, 0.05) is 34.1 Å². The fourth-order valence-electron chi connectivity index (χ4n) is 1.18. The van der Waals surface area contributed by atoms with Crippen LogP contribution in [0, 0.1) is 0 Å². The van der Waals surface area contributed by atoms with Crippen LogP contribution in [0.4, 0.5) is 4.39 Å². The molecule has 0 spiro atoms. The van der Waals surface area contributed by atoms with Crippen LogP contribution in [0.15, 0.2) is 0 Å². The molecular weight excluding hydrogens is 471 g/mol. The molecule has 226 valence electrons. The first-order valence-electron chi connectivity index (χ1n) is 13.0. The quantitative estimate of drug-likeness (QED) is 0.359. The van der Waals surface area contributed by atoms with E-state index in [1.165, 1.54) is 53.4 Å². The number of nitrogens with zero attached hydrogens (tertiary/aromatic N) is 1. The molecule has 9 heteroatoms. The van der Waals surface area contributed by atoms with Crippen LogP contribution in [-0.2, 0) is 14.3 Å². The summed E-state index contributed by atoms with van der Waals surface area (Å²) >= 11 is 4.64. The first-order valence-corrected chi connectivity index (χ1v) is 12.7. The third kappa shape index (κ3) is 217. The first-order chi connectivity index (χ1) is 16.7. The Hall–Kier alpha value is -0.800. The molecule has 4 N–H and O–H groups in total. The number of nitrogens with one attached hydrogen (secondary N) is 2. The molecule has 7 nitrogen and oxygen atoms in total. The Kier molecular flexibility index (Phi) is 176. The van der Waals surface area contributed by atoms with Crippen LogP contribution < -0.4 is 16.4 Å². The topological polar surface area (TPSA) is 96.7 Å². The standard InChI is InChI=1S/C6H15N.C4H8O.C3H7NO.C2H3ClO.C2H7N.3C2H6.CH3F.CH5N.CH4/c1-4-7(5-2)6-3;1-2-4-5-3-1;1-3(5)4-2;1-2(3)4;1-3-2;5*1-2;/h4-6H2,1-3H3;1-4H2;1-2H3,(H,4,5);1H3;3H,1-2H3;3*1-2H3;1H3;2H2,1H3;1H4/i;;;;;;;;1D;;. The average molecular weight is 542 g/mol. The van der Waals surface area contributed by atoms with E-state index in [0.717, 1.165) is 13.2 Å². The van der Waals surface area contributed by atoms with Crippen LogP contribution in [0.2, 0.25) is 0 Å². The Morgan fingerprint density at radius 1 is 0.914 bits per heavy atom. The smallest absolute Gasteiger partial charge is 0.218 e. The van der Waals surface area contributed by atoms with Crippen LogP contribution in [0.3, 0.4) is 0 Å². The Labute approximate surface area is 228 Å². The molecule has 0 saturated carbocycles. The van der Waals surface area contributed by atoms with E-state index in [1.54, 1.807) is 7.05 Å². The normalized spacial score (nSPS) is 8.94. The molecule has 1 saturated heterocycles. The molecule has 1 fully saturated rings. The SMILES string of the molecule is C.C1CCOC1.CC.CC.CC.CC(=O)Cl.CCN(CC)CC.CN.CNC.CNC(C)=O.[2H]CF. The second kappa shape index (κ2) is 104. The number of hydrogen-bond acceptors (Lipinski definition) is 6. The van der Waals surface area contributed by atoms with Gasteiger partial charge in [0.25, 0.3) is 0 Å². The van der Waals surface area contributed by atoms with Gasteiger partial charge in [-0.25, -0.2) is 0 Å². The molecule has 0 aromatic rings. The summed E-state index contributed by atoms with van der Waals surface area (Å²) in [6.45, 7) is 26.9. The molecule has 0 bridgehead atoms. The van der Waals surface area contributed by atoms with E-state index in [-0.39, 0.29) is 18.6 Å². The van der Waals surface area contributed by atoms with Crippen molar-refractivity contribution >= 4 is 22.8 Å². The number of alkyl halides is 1. The lowest BCUT2D eigenvalue weighted by molar-refractivity contribution is -0.118. The monoisotopic (exact) mass is 542 g/mol. The van der Waals surface area contributed by atoms with Gasteiger partial charge < -0.3 is 26.0 Å². The molecule has 1 rings (SSSR count). The highest BCUT2D eigenvalue weighted by Gasteiger charge is 1.94. The van der Waals surface area contributed by atoms with Crippen molar-refractivity contribution in [1.29, 1.82) is 0 Å². The summed E-state index contributed by atoms with van der Waals surface area (Å²) in [6, 6.07) is 0. The highest BCUT2D eigenvalue weighted by Crippen LogP contribution is 1.98. The third-order valence-corrected chi connectivity index (χ3v) is 2.52. The molecule has 35 heavy (non-hydrogen) atoms. The van der Waals surface area contributed by atoms with Crippen LogP contribution >= 0.6 is 11.6 Å². The van der Waals surface area contributed by atoms with Crippen molar-refractivity contribution in [2.75, 3.05) is 68.2 Å². The predicted molar refractivity (Wildman–Crippen MR) is 163 cm³/mol. The van der Waals surface area contributed by atoms with Gasteiger partial charge in [-0.05, 0) is 65.2 Å². The zero-order chi connectivity index (χ0) is 30.5. The molecule has 0 aliphatic carbocycles. The molecule has 0 radical (unpaired) electrons. The Morgan fingerprint density at radius 3 is 1.11 bits per heavy atom. The van der Waals surface area contributed by atoms with Crippen molar-refractivity contribution in [3.8, 4) is 0 Å². The fourth-order valence-corrected chi connectivity index (χ4v) is 1.18. The van der Waals surface area contributed by atoms with Gasteiger partial charge in [-0.3, -0.25) is 14.0 Å². The molecule has 1 aliphatic heterocycles. The van der Waals surface area contributed by atoms with Crippen molar-refractivity contribution in [1.82, 2.24) is 15.5 Å². The Balaban J connectivity index is -0.0000000270. The summed E-state index contributed by atoms with van der Waals surface area (Å²) < 4.78 is 20.4. The number of ether oxygens (including phenoxy) is 1. The number of hydrogen-bond donors (Lipinski definition) is 3. The molecule has 0 atom stereocenters. The molecule has 1 heterocycles. The van der Waals surface area contributed by atoms with Gasteiger partial charge in [-0.15, -0.1) is 0 Å². The fraction of sp³-hybridized carbons (Fsp3) is 0.923. The van der Waals surface area contributed by atoms with Crippen molar-refractivity contribution < 1.29 is 20.1 Å². The van der Waals surface area contributed by atoms with Crippen molar-refractivity contribution in [2.24, 2.45) is 5.73 Å². The van der Waals surface area contributed by atoms with Gasteiger partial charge in [-0.1, -0.05) is 69.7 Å². The van der Waals surface area contributed by atoms with Crippen molar-refractivity contribution in [3.05, 3.63) is 0 Å². The Bertz CT molecular complexity index is 260. The lowest BCUT2D eigenvalue weighted by Crippen LogP contribution is -2.21. The number of halogens is 2. The van der Waals surface area contributed by atoms with Gasteiger partial charge in [0.1, 0.15) is 0 Å². The average Bonchev–Trinajstić information content (AvgIpc) is 3.47. The number of nitrogens with two attached hydrogens (primary N) is 1. The summed E-state index contributed by atoms with van der Waals surface area (Å²) in [5.41, 5.74) is 4.50. The van der Waals surface area contributed by atoms with E-state index in [0.29, 0.717) is 0 Å². The minimum Gasteiger partial charge on any atom is -0.381 e. The predicted octanol–water partition coefficient (Wildman–Crippen LogP) is 6.38. The van der Waals surface area contributed by atoms with Crippen molar-refractivity contribution in [3.63, 3.8) is 0 Å². The summed E-state index contributed by atoms with van der Waals surface area (Å²) in [4.78, 5) is 21.3. The zero-order valence-corrected chi connectivity index (χ0v) is 26.4. The summed E-state index contributed by atoms with van der Waals surface area (Å²) in [5, 5.41) is 4.78. The first kappa shape index (κ1) is 59.4. The highest BCUT2D eigenvalue weighted by atomic mass is 35.5. The van der Waals surface area contributed by atoms with E-state index in [1.807, 2.05) is 55.6 Å². The molecule has 0 unspecified atom stereocenters. The van der Waals surface area contributed by atoms with Gasteiger partial charge in [0.2, 0.25) is 11.1 Å². The number of carbonyl (C=O) groups excluding carboxylic acids is 2. The zero-order valence-electron chi connectivity index (χ0n) is 26.7. The van der Waals surface area contributed by atoms with E-state index in [9.17, 15) is 14.0 Å². The van der Waals surface area contributed by atoms with E-state index >= 15 is 0 Å². The maximum absolute atomic E-state index is 9.96.